The monoisotopic (exact) mass is 356 g/mol. The van der Waals surface area contributed by atoms with Gasteiger partial charge in [0, 0.05) is 11.1 Å². The van der Waals surface area contributed by atoms with Crippen LogP contribution < -0.4 is 24.0 Å². The average molecular weight is 356 g/mol. The lowest BCUT2D eigenvalue weighted by Gasteiger charge is -2.30. The van der Waals surface area contributed by atoms with E-state index >= 15 is 0 Å². The van der Waals surface area contributed by atoms with Gasteiger partial charge in [-0.1, -0.05) is 0 Å². The zero-order valence-electron chi connectivity index (χ0n) is 15.6. The third-order valence-corrected chi connectivity index (χ3v) is 5.47. The number of hydrogen-bond donors (Lipinski definition) is 2. The lowest BCUT2D eigenvalue weighted by Crippen LogP contribution is -3.27. The summed E-state index contributed by atoms with van der Waals surface area (Å²) in [6.45, 7) is 9.46. The van der Waals surface area contributed by atoms with Gasteiger partial charge in [-0.2, -0.15) is 0 Å². The molecule has 5 nitrogen and oxygen atoms in total. The van der Waals surface area contributed by atoms with Crippen LogP contribution in [0.15, 0.2) is 36.4 Å². The molecule has 2 aliphatic rings. The minimum atomic E-state index is 0.346. The van der Waals surface area contributed by atoms with Crippen molar-refractivity contribution in [2.45, 2.75) is 20.0 Å². The SMILES string of the molecule is COc1ccc(C[NH+]2CC[NH+](Cc3ccc4c(c3)OCO4)CC2)cc1C. The maximum atomic E-state index is 5.49. The molecule has 2 N–H and O–H groups in total. The molecular weight excluding hydrogens is 328 g/mol. The molecule has 0 aromatic heterocycles. The Hall–Kier alpha value is -2.24. The van der Waals surface area contributed by atoms with E-state index in [0.717, 1.165) is 30.3 Å². The van der Waals surface area contributed by atoms with E-state index in [0.29, 0.717) is 6.79 Å². The molecule has 0 saturated carbocycles. The van der Waals surface area contributed by atoms with E-state index in [-0.39, 0.29) is 0 Å². The van der Waals surface area contributed by atoms with E-state index in [1.54, 1.807) is 16.9 Å². The second kappa shape index (κ2) is 7.56. The Kier molecular flexibility index (Phi) is 5.00. The smallest absolute Gasteiger partial charge is 0.231 e. The fourth-order valence-electron chi connectivity index (χ4n) is 3.99. The summed E-state index contributed by atoms with van der Waals surface area (Å²) in [6, 6.07) is 12.9. The van der Waals surface area contributed by atoms with Gasteiger partial charge >= 0.3 is 0 Å². The Balaban J connectivity index is 1.29. The molecule has 0 unspecified atom stereocenters. The first-order valence-corrected chi connectivity index (χ1v) is 9.40. The lowest BCUT2D eigenvalue weighted by molar-refractivity contribution is -1.02. The largest absolute Gasteiger partial charge is 0.496 e. The number of rotatable bonds is 5. The van der Waals surface area contributed by atoms with Crippen LogP contribution >= 0.6 is 0 Å². The summed E-state index contributed by atoms with van der Waals surface area (Å²) in [5.74, 6) is 2.73. The molecule has 2 aromatic rings. The number of quaternary nitrogens is 2. The predicted molar refractivity (Wildman–Crippen MR) is 99.1 cm³/mol. The van der Waals surface area contributed by atoms with Crippen LogP contribution in [0.3, 0.4) is 0 Å². The van der Waals surface area contributed by atoms with Gasteiger partial charge in [0.05, 0.1) is 7.11 Å². The normalized spacial score (nSPS) is 21.6. The molecule has 2 aliphatic heterocycles. The summed E-state index contributed by atoms with van der Waals surface area (Å²) < 4.78 is 16.3. The van der Waals surface area contributed by atoms with E-state index in [4.69, 9.17) is 14.2 Å². The number of hydrogen-bond acceptors (Lipinski definition) is 3. The number of nitrogens with one attached hydrogen (secondary N) is 2. The van der Waals surface area contributed by atoms with Crippen LogP contribution in [0.5, 0.6) is 17.2 Å². The molecule has 1 fully saturated rings. The summed E-state index contributed by atoms with van der Waals surface area (Å²) in [5.41, 5.74) is 3.95. The fraction of sp³-hybridized carbons (Fsp3) is 0.429. The Labute approximate surface area is 155 Å². The molecule has 0 aliphatic carbocycles. The first-order chi connectivity index (χ1) is 12.7. The highest BCUT2D eigenvalue weighted by Crippen LogP contribution is 2.32. The molecule has 4 rings (SSSR count). The lowest BCUT2D eigenvalue weighted by atomic mass is 10.1. The number of fused-ring (bicyclic) bond motifs is 1. The van der Waals surface area contributed by atoms with Crippen LogP contribution in [0.2, 0.25) is 0 Å². The topological polar surface area (TPSA) is 36.6 Å². The standard InChI is InChI=1S/C21H26N2O3/c1-16-11-17(3-5-19(16)24-2)13-22-7-9-23(10-8-22)14-18-4-6-20-21(12-18)26-15-25-20/h3-6,11-12H,7-10,13-15H2,1-2H3/p+2. The second-order valence-corrected chi connectivity index (χ2v) is 7.35. The van der Waals surface area contributed by atoms with Crippen molar-refractivity contribution in [1.29, 1.82) is 0 Å². The molecule has 138 valence electrons. The highest BCUT2D eigenvalue weighted by molar-refractivity contribution is 5.44. The van der Waals surface area contributed by atoms with Crippen molar-refractivity contribution in [3.05, 3.63) is 53.1 Å². The summed E-state index contributed by atoms with van der Waals surface area (Å²) >= 11 is 0. The summed E-state index contributed by atoms with van der Waals surface area (Å²) in [7, 11) is 1.73. The van der Waals surface area contributed by atoms with Gasteiger partial charge < -0.3 is 24.0 Å². The van der Waals surface area contributed by atoms with E-state index in [9.17, 15) is 0 Å². The van der Waals surface area contributed by atoms with E-state index < -0.39 is 0 Å². The van der Waals surface area contributed by atoms with Gasteiger partial charge in [-0.05, 0) is 48.9 Å². The van der Waals surface area contributed by atoms with Crippen LogP contribution in [0.1, 0.15) is 16.7 Å². The van der Waals surface area contributed by atoms with Gasteiger partial charge in [-0.15, -0.1) is 0 Å². The van der Waals surface area contributed by atoms with Gasteiger partial charge in [0.25, 0.3) is 0 Å². The second-order valence-electron chi connectivity index (χ2n) is 7.35. The molecule has 0 bridgehead atoms. The fourth-order valence-corrected chi connectivity index (χ4v) is 3.99. The Morgan fingerprint density at radius 1 is 0.846 bits per heavy atom. The van der Waals surface area contributed by atoms with E-state index in [2.05, 4.69) is 37.3 Å². The van der Waals surface area contributed by atoms with Crippen molar-refractivity contribution in [2.24, 2.45) is 0 Å². The van der Waals surface area contributed by atoms with Crippen LogP contribution in [-0.4, -0.2) is 40.1 Å². The van der Waals surface area contributed by atoms with Crippen LogP contribution in [-0.2, 0) is 13.1 Å². The molecule has 0 amide bonds. The minimum absolute atomic E-state index is 0.346. The van der Waals surface area contributed by atoms with Gasteiger partial charge in [0.15, 0.2) is 11.5 Å². The quantitative estimate of drug-likeness (QED) is 0.805. The highest BCUT2D eigenvalue weighted by Gasteiger charge is 2.24. The minimum Gasteiger partial charge on any atom is -0.496 e. The van der Waals surface area contributed by atoms with Crippen LogP contribution in [0.25, 0.3) is 0 Å². The maximum absolute atomic E-state index is 5.49. The Bertz CT molecular complexity index is 770. The molecule has 0 radical (unpaired) electrons. The van der Waals surface area contributed by atoms with Crippen molar-refractivity contribution in [1.82, 2.24) is 0 Å². The third-order valence-electron chi connectivity index (χ3n) is 5.47. The zero-order valence-corrected chi connectivity index (χ0v) is 15.6. The summed E-state index contributed by atoms with van der Waals surface area (Å²) in [6.07, 6.45) is 0. The number of ether oxygens (including phenoxy) is 3. The van der Waals surface area contributed by atoms with E-state index in [1.165, 1.54) is 42.9 Å². The van der Waals surface area contributed by atoms with Crippen molar-refractivity contribution in [3.8, 4) is 17.2 Å². The van der Waals surface area contributed by atoms with Crippen molar-refractivity contribution < 1.29 is 24.0 Å². The molecule has 2 heterocycles. The molecular formula is C21H28N2O3+2. The Morgan fingerprint density at radius 2 is 1.46 bits per heavy atom. The first kappa shape index (κ1) is 17.2. The molecule has 0 atom stereocenters. The molecule has 5 heteroatoms. The molecule has 26 heavy (non-hydrogen) atoms. The number of piperazine rings is 1. The predicted octanol–water partition coefficient (Wildman–Crippen LogP) is 0.216. The van der Waals surface area contributed by atoms with Crippen molar-refractivity contribution in [3.63, 3.8) is 0 Å². The first-order valence-electron chi connectivity index (χ1n) is 9.40. The average Bonchev–Trinajstić information content (AvgIpc) is 3.11. The van der Waals surface area contributed by atoms with Gasteiger partial charge in [-0.3, -0.25) is 0 Å². The summed E-state index contributed by atoms with van der Waals surface area (Å²) in [5, 5.41) is 0. The van der Waals surface area contributed by atoms with E-state index in [1.807, 2.05) is 6.07 Å². The van der Waals surface area contributed by atoms with Crippen molar-refractivity contribution >= 4 is 0 Å². The van der Waals surface area contributed by atoms with Crippen LogP contribution in [0, 0.1) is 6.92 Å². The van der Waals surface area contributed by atoms with Crippen molar-refractivity contribution in [2.75, 3.05) is 40.1 Å². The van der Waals surface area contributed by atoms with Gasteiger partial charge in [0.1, 0.15) is 45.0 Å². The highest BCUT2D eigenvalue weighted by atomic mass is 16.7. The number of benzene rings is 2. The van der Waals surface area contributed by atoms with Crippen LogP contribution in [0.4, 0.5) is 0 Å². The molecule has 2 aromatic carbocycles. The Morgan fingerprint density at radius 3 is 2.12 bits per heavy atom. The summed E-state index contributed by atoms with van der Waals surface area (Å²) in [4.78, 5) is 3.32. The zero-order chi connectivity index (χ0) is 17.9. The third kappa shape index (κ3) is 3.79. The molecule has 0 spiro atoms. The van der Waals surface area contributed by atoms with Gasteiger partial charge in [0.2, 0.25) is 6.79 Å². The van der Waals surface area contributed by atoms with Gasteiger partial charge in [-0.25, -0.2) is 0 Å². The number of aryl methyl sites for hydroxylation is 1. The number of methoxy groups -OCH3 is 1. The molecule has 1 saturated heterocycles. The maximum Gasteiger partial charge on any atom is 0.231 e.